The number of hydrogen-bond donors (Lipinski definition) is 2. The first kappa shape index (κ1) is 23.1. The zero-order valence-corrected chi connectivity index (χ0v) is 19.2. The minimum Gasteiger partial charge on any atom is -0.507 e. The molecule has 0 radical (unpaired) electrons. The number of ether oxygens (including phenoxy) is 2. The highest BCUT2D eigenvalue weighted by atomic mass is 16.5. The summed E-state index contributed by atoms with van der Waals surface area (Å²) in [5, 5.41) is 16.1. The Kier molecular flexibility index (Phi) is 6.96. The number of hydrogen-bond acceptors (Lipinski definition) is 6. The summed E-state index contributed by atoms with van der Waals surface area (Å²) in [4.78, 5) is 27.3. The van der Waals surface area contributed by atoms with Crippen molar-refractivity contribution >= 4 is 28.8 Å². The molecular weight excluding hydrogens is 434 g/mol. The van der Waals surface area contributed by atoms with Crippen molar-refractivity contribution in [3.63, 3.8) is 0 Å². The van der Waals surface area contributed by atoms with Gasteiger partial charge >= 0.3 is 0 Å². The molecule has 4 rings (SSSR count). The Balaban J connectivity index is 1.36. The van der Waals surface area contributed by atoms with Crippen molar-refractivity contribution in [3.05, 3.63) is 65.7 Å². The van der Waals surface area contributed by atoms with Gasteiger partial charge in [-0.15, -0.1) is 0 Å². The van der Waals surface area contributed by atoms with Gasteiger partial charge in [0.2, 0.25) is 5.91 Å². The molecule has 1 heterocycles. The minimum atomic E-state index is -0.248. The molecule has 0 saturated carbocycles. The number of benzene rings is 3. The molecule has 2 amide bonds. The van der Waals surface area contributed by atoms with Gasteiger partial charge in [0.1, 0.15) is 17.2 Å². The molecule has 8 nitrogen and oxygen atoms in total. The quantitative estimate of drug-likeness (QED) is 0.432. The number of phenolic OH excluding ortho intramolecular Hbond substituents is 1. The maximum atomic E-state index is 12.9. The van der Waals surface area contributed by atoms with E-state index in [0.29, 0.717) is 48.6 Å². The maximum Gasteiger partial charge on any atom is 0.254 e. The predicted molar refractivity (Wildman–Crippen MR) is 130 cm³/mol. The Labute approximate surface area is 197 Å². The molecule has 8 heteroatoms. The average molecular weight is 462 g/mol. The number of carbonyl (C=O) groups is 2. The van der Waals surface area contributed by atoms with E-state index >= 15 is 0 Å². The Morgan fingerprint density at radius 2 is 1.71 bits per heavy atom. The first-order valence-electron chi connectivity index (χ1n) is 11.1. The Morgan fingerprint density at radius 1 is 1.03 bits per heavy atom. The highest BCUT2D eigenvalue weighted by molar-refractivity contribution is 6.02. The van der Waals surface area contributed by atoms with Crippen LogP contribution in [0, 0.1) is 5.92 Å². The minimum absolute atomic E-state index is 0.0951. The van der Waals surface area contributed by atoms with Gasteiger partial charge in [-0.05, 0) is 41.8 Å². The van der Waals surface area contributed by atoms with Crippen LogP contribution in [0.25, 0.3) is 10.8 Å². The maximum absolute atomic E-state index is 12.9. The SMILES string of the molecule is COc1cc(OC)cc(C(=O)N2CCC(C(=O)N/N=C\c3c(O)ccc4ccccc34)CC2)c1. The fourth-order valence-corrected chi connectivity index (χ4v) is 4.13. The second-order valence-electron chi connectivity index (χ2n) is 8.12. The summed E-state index contributed by atoms with van der Waals surface area (Å²) in [6.07, 6.45) is 2.53. The molecule has 0 bridgehead atoms. The second kappa shape index (κ2) is 10.2. The van der Waals surface area contributed by atoms with Crippen LogP contribution in [-0.4, -0.2) is 55.3 Å². The van der Waals surface area contributed by atoms with Gasteiger partial charge in [0, 0.05) is 36.2 Å². The molecule has 1 saturated heterocycles. The number of phenols is 1. The molecule has 1 fully saturated rings. The van der Waals surface area contributed by atoms with E-state index in [-0.39, 0.29) is 23.5 Å². The van der Waals surface area contributed by atoms with E-state index < -0.39 is 0 Å². The van der Waals surface area contributed by atoms with Crippen molar-refractivity contribution in [1.82, 2.24) is 10.3 Å². The lowest BCUT2D eigenvalue weighted by molar-refractivity contribution is -0.126. The fourth-order valence-electron chi connectivity index (χ4n) is 4.13. The van der Waals surface area contributed by atoms with Gasteiger partial charge < -0.3 is 19.5 Å². The third kappa shape index (κ3) is 4.96. The standard InChI is InChI=1S/C26H27N3O5/c1-33-20-13-19(14-21(15-20)34-2)26(32)29-11-9-18(10-12-29)25(31)28-27-16-23-22-6-4-3-5-17(22)7-8-24(23)30/h3-8,13-16,18,30H,9-12H2,1-2H3,(H,28,31)/b27-16-. The lowest BCUT2D eigenvalue weighted by Crippen LogP contribution is -2.42. The number of carbonyl (C=O) groups excluding carboxylic acids is 2. The topological polar surface area (TPSA) is 100 Å². The number of methoxy groups -OCH3 is 2. The first-order chi connectivity index (χ1) is 16.5. The first-order valence-corrected chi connectivity index (χ1v) is 11.1. The molecule has 3 aromatic rings. The summed E-state index contributed by atoms with van der Waals surface area (Å²) in [7, 11) is 3.08. The highest BCUT2D eigenvalue weighted by Gasteiger charge is 2.28. The molecule has 0 atom stereocenters. The average Bonchev–Trinajstić information content (AvgIpc) is 2.89. The number of nitrogens with zero attached hydrogens (tertiary/aromatic N) is 2. The van der Waals surface area contributed by atoms with Crippen LogP contribution >= 0.6 is 0 Å². The lowest BCUT2D eigenvalue weighted by atomic mass is 9.95. The molecular formula is C26H27N3O5. The van der Waals surface area contributed by atoms with Gasteiger partial charge in [0.25, 0.3) is 5.91 Å². The van der Waals surface area contributed by atoms with Crippen LogP contribution in [-0.2, 0) is 4.79 Å². The number of nitrogens with one attached hydrogen (secondary N) is 1. The van der Waals surface area contributed by atoms with E-state index in [2.05, 4.69) is 10.5 Å². The normalized spacial score (nSPS) is 14.4. The zero-order valence-electron chi connectivity index (χ0n) is 19.2. The molecule has 0 spiro atoms. The summed E-state index contributed by atoms with van der Waals surface area (Å²) >= 11 is 0. The van der Waals surface area contributed by atoms with Crippen molar-refractivity contribution in [1.29, 1.82) is 0 Å². The van der Waals surface area contributed by atoms with Crippen LogP contribution in [0.4, 0.5) is 0 Å². The molecule has 0 aliphatic carbocycles. The van der Waals surface area contributed by atoms with Gasteiger partial charge in [-0.25, -0.2) is 5.43 Å². The molecule has 1 aliphatic rings. The van der Waals surface area contributed by atoms with Gasteiger partial charge in [-0.1, -0.05) is 30.3 Å². The van der Waals surface area contributed by atoms with Gasteiger partial charge in [-0.2, -0.15) is 5.10 Å². The summed E-state index contributed by atoms with van der Waals surface area (Å²) in [5.74, 6) is 0.616. The van der Waals surface area contributed by atoms with E-state index in [4.69, 9.17) is 9.47 Å². The van der Waals surface area contributed by atoms with E-state index in [9.17, 15) is 14.7 Å². The summed E-state index contributed by atoms with van der Waals surface area (Å²) in [6.45, 7) is 0.925. The van der Waals surface area contributed by atoms with E-state index in [0.717, 1.165) is 10.8 Å². The van der Waals surface area contributed by atoms with Crippen molar-refractivity contribution in [3.8, 4) is 17.2 Å². The smallest absolute Gasteiger partial charge is 0.254 e. The molecule has 2 N–H and O–H groups in total. The summed E-state index contributed by atoms with van der Waals surface area (Å²) in [5.41, 5.74) is 3.62. The van der Waals surface area contributed by atoms with Crippen molar-refractivity contribution in [2.24, 2.45) is 11.0 Å². The molecule has 176 valence electrons. The number of rotatable bonds is 6. The monoisotopic (exact) mass is 461 g/mol. The predicted octanol–water partition coefficient (Wildman–Crippen LogP) is 3.57. The molecule has 0 aromatic heterocycles. The van der Waals surface area contributed by atoms with E-state index in [1.807, 2.05) is 30.3 Å². The summed E-state index contributed by atoms with van der Waals surface area (Å²) in [6, 6.07) is 16.2. The van der Waals surface area contributed by atoms with Crippen LogP contribution in [0.1, 0.15) is 28.8 Å². The number of aromatic hydroxyl groups is 1. The van der Waals surface area contributed by atoms with Crippen LogP contribution < -0.4 is 14.9 Å². The number of hydrazone groups is 1. The van der Waals surface area contributed by atoms with Crippen LogP contribution in [0.3, 0.4) is 0 Å². The second-order valence-corrected chi connectivity index (χ2v) is 8.12. The van der Waals surface area contributed by atoms with Crippen molar-refractivity contribution in [2.75, 3.05) is 27.3 Å². The van der Waals surface area contributed by atoms with E-state index in [1.54, 1.807) is 29.2 Å². The van der Waals surface area contributed by atoms with Crippen LogP contribution in [0.5, 0.6) is 17.2 Å². The summed E-state index contributed by atoms with van der Waals surface area (Å²) < 4.78 is 10.5. The number of piperidine rings is 1. The Hall–Kier alpha value is -4.07. The Bertz CT molecular complexity index is 1210. The highest BCUT2D eigenvalue weighted by Crippen LogP contribution is 2.27. The van der Waals surface area contributed by atoms with Crippen LogP contribution in [0.2, 0.25) is 0 Å². The van der Waals surface area contributed by atoms with Gasteiger partial charge in [0.05, 0.1) is 20.4 Å². The number of fused-ring (bicyclic) bond motifs is 1. The van der Waals surface area contributed by atoms with Crippen LogP contribution in [0.15, 0.2) is 59.7 Å². The third-order valence-corrected chi connectivity index (χ3v) is 6.07. The van der Waals surface area contributed by atoms with Crippen molar-refractivity contribution < 1.29 is 24.2 Å². The van der Waals surface area contributed by atoms with Gasteiger partial charge in [-0.3, -0.25) is 9.59 Å². The lowest BCUT2D eigenvalue weighted by Gasteiger charge is -2.31. The largest absolute Gasteiger partial charge is 0.507 e. The molecule has 1 aliphatic heterocycles. The van der Waals surface area contributed by atoms with E-state index in [1.165, 1.54) is 20.4 Å². The Morgan fingerprint density at radius 3 is 2.38 bits per heavy atom. The fraction of sp³-hybridized carbons (Fsp3) is 0.269. The van der Waals surface area contributed by atoms with Gasteiger partial charge in [0.15, 0.2) is 0 Å². The molecule has 3 aromatic carbocycles. The van der Waals surface area contributed by atoms with Crippen molar-refractivity contribution in [2.45, 2.75) is 12.8 Å². The number of likely N-dealkylation sites (tertiary alicyclic amines) is 1. The third-order valence-electron chi connectivity index (χ3n) is 6.07. The zero-order chi connectivity index (χ0) is 24.1. The molecule has 34 heavy (non-hydrogen) atoms. The number of amides is 2. The molecule has 0 unspecified atom stereocenters.